The van der Waals surface area contributed by atoms with E-state index in [1.54, 1.807) is 0 Å². The molecular formula is C14H14Br4O3. The van der Waals surface area contributed by atoms with Crippen molar-refractivity contribution in [3.8, 4) is 0 Å². The molecule has 1 aromatic rings. The number of carbonyl (C=O) groups excluding carboxylic acids is 1. The molecular weight excluding hydrogens is 536 g/mol. The summed E-state index contributed by atoms with van der Waals surface area (Å²) in [4.78, 5) is 21.9. The minimum absolute atomic E-state index is 0.0192. The zero-order valence-electron chi connectivity index (χ0n) is 10.9. The molecule has 0 aliphatic heterocycles. The number of ketones is 1. The maximum atomic E-state index is 12.0. The third kappa shape index (κ3) is 6.12. The molecule has 0 spiro atoms. The Morgan fingerprint density at radius 1 is 0.952 bits per heavy atom. The fourth-order valence-corrected chi connectivity index (χ4v) is 4.91. The van der Waals surface area contributed by atoms with Crippen LogP contribution < -0.4 is 0 Å². The molecule has 4 unspecified atom stereocenters. The van der Waals surface area contributed by atoms with Crippen molar-refractivity contribution in [2.24, 2.45) is 0 Å². The number of Topliss-reactive ketones (excluding diaryl/α,β-unsaturated/α-hetero) is 1. The first kappa shape index (κ1) is 19.3. The maximum absolute atomic E-state index is 12.0. The molecule has 1 N–H and O–H groups in total. The second-order valence-corrected chi connectivity index (χ2v) is 8.55. The third-order valence-electron chi connectivity index (χ3n) is 2.87. The van der Waals surface area contributed by atoms with Gasteiger partial charge in [0.15, 0.2) is 0 Å². The molecule has 0 aliphatic rings. The molecule has 1 aromatic carbocycles. The molecule has 0 amide bonds. The van der Waals surface area contributed by atoms with Crippen molar-refractivity contribution in [3.63, 3.8) is 0 Å². The van der Waals surface area contributed by atoms with E-state index in [1.807, 2.05) is 30.3 Å². The van der Waals surface area contributed by atoms with Crippen molar-refractivity contribution in [1.29, 1.82) is 0 Å². The number of aliphatic carboxylic acids is 1. The number of alkyl halides is 4. The van der Waals surface area contributed by atoms with E-state index in [-0.39, 0.29) is 33.1 Å². The SMILES string of the molecule is O=C(O)CCC(=O)C(Br)C(Br)C(Br)C(Br)c1ccccc1. The molecule has 0 saturated carbocycles. The van der Waals surface area contributed by atoms with Crippen molar-refractivity contribution >= 4 is 75.5 Å². The first-order valence-electron chi connectivity index (χ1n) is 6.20. The minimum Gasteiger partial charge on any atom is -0.481 e. The normalized spacial score (nSPS) is 16.8. The molecule has 3 nitrogen and oxygen atoms in total. The standard InChI is InChI=1S/C14H14Br4O3/c15-11(8-4-2-1-3-5-8)13(17)14(18)12(16)9(19)6-7-10(20)21/h1-5,11-14H,6-7H2,(H,20,21). The van der Waals surface area contributed by atoms with Gasteiger partial charge in [-0.1, -0.05) is 94.1 Å². The van der Waals surface area contributed by atoms with Gasteiger partial charge in [0, 0.05) is 16.1 Å². The smallest absolute Gasteiger partial charge is 0.303 e. The lowest BCUT2D eigenvalue weighted by Crippen LogP contribution is -2.33. The monoisotopic (exact) mass is 546 g/mol. The van der Waals surface area contributed by atoms with Gasteiger partial charge in [-0.3, -0.25) is 9.59 Å². The van der Waals surface area contributed by atoms with E-state index < -0.39 is 10.8 Å². The number of halogens is 4. The fourth-order valence-electron chi connectivity index (χ4n) is 1.69. The van der Waals surface area contributed by atoms with E-state index in [0.717, 1.165) is 5.56 Å². The van der Waals surface area contributed by atoms with Crippen molar-refractivity contribution in [2.75, 3.05) is 0 Å². The summed E-state index contributed by atoms with van der Waals surface area (Å²) in [5.74, 6) is -1.09. The van der Waals surface area contributed by atoms with Gasteiger partial charge in [-0.25, -0.2) is 0 Å². The summed E-state index contributed by atoms with van der Waals surface area (Å²) in [6.45, 7) is 0. The second kappa shape index (κ2) is 9.43. The number of hydrogen-bond donors (Lipinski definition) is 1. The lowest BCUT2D eigenvalue weighted by atomic mass is 10.0. The average Bonchev–Trinajstić information content (AvgIpc) is 2.50. The van der Waals surface area contributed by atoms with Crippen LogP contribution >= 0.6 is 63.7 Å². The van der Waals surface area contributed by atoms with Crippen LogP contribution in [-0.2, 0) is 9.59 Å². The molecule has 0 heterocycles. The lowest BCUT2D eigenvalue weighted by molar-refractivity contribution is -0.138. The van der Waals surface area contributed by atoms with Crippen LogP contribution in [-0.4, -0.2) is 31.3 Å². The van der Waals surface area contributed by atoms with Crippen LogP contribution in [0.1, 0.15) is 23.2 Å². The largest absolute Gasteiger partial charge is 0.481 e. The quantitative estimate of drug-likeness (QED) is 0.472. The molecule has 21 heavy (non-hydrogen) atoms. The Bertz CT molecular complexity index is 480. The van der Waals surface area contributed by atoms with Gasteiger partial charge in [0.25, 0.3) is 0 Å². The Balaban J connectivity index is 2.66. The molecule has 0 fully saturated rings. The van der Waals surface area contributed by atoms with Crippen molar-refractivity contribution in [1.82, 2.24) is 0 Å². The highest BCUT2D eigenvalue weighted by Crippen LogP contribution is 2.38. The number of rotatable bonds is 8. The van der Waals surface area contributed by atoms with Crippen LogP contribution in [0.25, 0.3) is 0 Å². The van der Waals surface area contributed by atoms with Crippen LogP contribution in [0.2, 0.25) is 0 Å². The third-order valence-corrected chi connectivity index (χ3v) is 9.38. The molecule has 7 heteroatoms. The number of benzene rings is 1. The van der Waals surface area contributed by atoms with Crippen LogP contribution in [0, 0.1) is 0 Å². The van der Waals surface area contributed by atoms with Gasteiger partial charge in [-0.15, -0.1) is 0 Å². The van der Waals surface area contributed by atoms with Crippen LogP contribution in [0.4, 0.5) is 0 Å². The Morgan fingerprint density at radius 3 is 2.05 bits per heavy atom. The maximum Gasteiger partial charge on any atom is 0.303 e. The van der Waals surface area contributed by atoms with Gasteiger partial charge in [0.05, 0.1) is 16.1 Å². The summed E-state index contributed by atoms with van der Waals surface area (Å²) in [5.41, 5.74) is 1.10. The van der Waals surface area contributed by atoms with Gasteiger partial charge in [0.2, 0.25) is 0 Å². The highest BCUT2D eigenvalue weighted by Gasteiger charge is 2.33. The van der Waals surface area contributed by atoms with E-state index in [4.69, 9.17) is 5.11 Å². The predicted molar refractivity (Wildman–Crippen MR) is 98.1 cm³/mol. The Morgan fingerprint density at radius 2 is 1.52 bits per heavy atom. The van der Waals surface area contributed by atoms with E-state index in [9.17, 15) is 9.59 Å². The Hall–Kier alpha value is 0.280. The Labute approximate surface area is 157 Å². The fraction of sp³-hybridized carbons (Fsp3) is 0.429. The van der Waals surface area contributed by atoms with E-state index in [0.29, 0.717) is 0 Å². The van der Waals surface area contributed by atoms with Crippen molar-refractivity contribution in [3.05, 3.63) is 35.9 Å². The highest BCUT2D eigenvalue weighted by molar-refractivity contribution is 9.14. The van der Waals surface area contributed by atoms with Crippen LogP contribution in [0.5, 0.6) is 0 Å². The van der Waals surface area contributed by atoms with Crippen LogP contribution in [0.15, 0.2) is 30.3 Å². The Kier molecular flexibility index (Phi) is 8.67. The van der Waals surface area contributed by atoms with E-state index >= 15 is 0 Å². The molecule has 0 saturated heterocycles. The van der Waals surface area contributed by atoms with Crippen molar-refractivity contribution in [2.45, 2.75) is 32.2 Å². The van der Waals surface area contributed by atoms with Gasteiger partial charge in [0.1, 0.15) is 5.78 Å². The lowest BCUT2D eigenvalue weighted by Gasteiger charge is -2.25. The van der Waals surface area contributed by atoms with Gasteiger partial charge in [-0.05, 0) is 5.56 Å². The van der Waals surface area contributed by atoms with E-state index in [1.165, 1.54) is 0 Å². The predicted octanol–water partition coefficient (Wildman–Crippen LogP) is 4.85. The molecule has 1 rings (SSSR count). The summed E-state index contributed by atoms with van der Waals surface area (Å²) in [6.07, 6.45) is -0.130. The summed E-state index contributed by atoms with van der Waals surface area (Å²) in [7, 11) is 0. The first-order valence-corrected chi connectivity index (χ1v) is 9.86. The van der Waals surface area contributed by atoms with Gasteiger partial charge >= 0.3 is 5.97 Å². The van der Waals surface area contributed by atoms with Crippen molar-refractivity contribution < 1.29 is 14.7 Å². The van der Waals surface area contributed by atoms with Crippen LogP contribution in [0.3, 0.4) is 0 Å². The molecule has 0 aromatic heterocycles. The topological polar surface area (TPSA) is 54.4 Å². The number of carbonyl (C=O) groups is 2. The average molecular weight is 550 g/mol. The minimum atomic E-state index is -0.966. The summed E-state index contributed by atoms with van der Waals surface area (Å²) < 4.78 is 0. The van der Waals surface area contributed by atoms with Gasteiger partial charge < -0.3 is 5.11 Å². The van der Waals surface area contributed by atoms with E-state index in [2.05, 4.69) is 63.7 Å². The zero-order valence-corrected chi connectivity index (χ0v) is 17.2. The number of carboxylic acids is 1. The van der Waals surface area contributed by atoms with Gasteiger partial charge in [-0.2, -0.15) is 0 Å². The molecule has 0 bridgehead atoms. The molecule has 0 aliphatic carbocycles. The summed E-state index contributed by atoms with van der Waals surface area (Å²) >= 11 is 14.1. The molecule has 4 atom stereocenters. The summed E-state index contributed by atoms with van der Waals surface area (Å²) in [6, 6.07) is 9.86. The second-order valence-electron chi connectivity index (χ2n) is 4.46. The zero-order chi connectivity index (χ0) is 16.0. The summed E-state index contributed by atoms with van der Waals surface area (Å²) in [5, 5.41) is 8.63. The molecule has 0 radical (unpaired) electrons. The highest BCUT2D eigenvalue weighted by atomic mass is 79.9. The number of carboxylic acid groups (broad SMARTS) is 1. The number of hydrogen-bond acceptors (Lipinski definition) is 2. The molecule has 116 valence electrons. The first-order chi connectivity index (χ1) is 9.84.